The van der Waals surface area contributed by atoms with Gasteiger partial charge in [-0.25, -0.2) is 27.4 Å². The van der Waals surface area contributed by atoms with E-state index in [2.05, 4.69) is 20.2 Å². The van der Waals surface area contributed by atoms with Gasteiger partial charge >= 0.3 is 6.18 Å². The maximum Gasteiger partial charge on any atom is 0.416 e. The van der Waals surface area contributed by atoms with E-state index in [9.17, 15) is 21.6 Å². The number of halogens is 3. The molecular weight excluding hydrogens is 421 g/mol. The zero-order chi connectivity index (χ0) is 21.3. The van der Waals surface area contributed by atoms with E-state index in [4.69, 9.17) is 0 Å². The van der Waals surface area contributed by atoms with E-state index in [0.717, 1.165) is 36.9 Å². The van der Waals surface area contributed by atoms with E-state index in [1.165, 1.54) is 16.0 Å². The van der Waals surface area contributed by atoms with Gasteiger partial charge in [0, 0.05) is 24.0 Å². The van der Waals surface area contributed by atoms with Gasteiger partial charge in [0.05, 0.1) is 11.3 Å². The maximum absolute atomic E-state index is 13.0. The van der Waals surface area contributed by atoms with Crippen LogP contribution >= 0.6 is 0 Å². The Bertz CT molecular complexity index is 1400. The maximum atomic E-state index is 13.0. The van der Waals surface area contributed by atoms with Crippen LogP contribution in [0.4, 0.5) is 13.2 Å². The number of nitrogens with zero attached hydrogens (tertiary/aromatic N) is 6. The monoisotopic (exact) mass is 436 g/mol. The summed E-state index contributed by atoms with van der Waals surface area (Å²) in [5, 5.41) is 8.30. The van der Waals surface area contributed by atoms with Crippen molar-refractivity contribution < 1.29 is 21.6 Å². The fourth-order valence-corrected chi connectivity index (χ4v) is 4.32. The van der Waals surface area contributed by atoms with Gasteiger partial charge in [-0.1, -0.05) is 6.92 Å². The average Bonchev–Trinajstić information content (AvgIpc) is 3.33. The van der Waals surface area contributed by atoms with E-state index < -0.39 is 21.6 Å². The summed E-state index contributed by atoms with van der Waals surface area (Å²) < 4.78 is 67.3. The summed E-state index contributed by atoms with van der Waals surface area (Å²) >= 11 is 0. The van der Waals surface area contributed by atoms with E-state index in [1.54, 1.807) is 12.3 Å². The van der Waals surface area contributed by atoms with E-state index in [-0.39, 0.29) is 39.4 Å². The lowest BCUT2D eigenvalue weighted by Gasteiger charge is -2.05. The fourth-order valence-electron chi connectivity index (χ4n) is 3.35. The Labute approximate surface area is 168 Å². The Kier molecular flexibility index (Phi) is 3.95. The van der Waals surface area contributed by atoms with Crippen LogP contribution in [0, 0.1) is 0 Å². The number of hydrogen-bond acceptors (Lipinski definition) is 6. The second kappa shape index (κ2) is 6.24. The number of hydrogen-bond donors (Lipinski definition) is 0. The molecule has 1 aliphatic rings. The molecule has 0 bridgehead atoms. The van der Waals surface area contributed by atoms with Crippen LogP contribution in [0.3, 0.4) is 0 Å². The molecule has 0 unspecified atom stereocenters. The second-order valence-corrected chi connectivity index (χ2v) is 9.31. The molecule has 12 heteroatoms. The smallest absolute Gasteiger partial charge is 0.236 e. The molecule has 0 saturated heterocycles. The van der Waals surface area contributed by atoms with Crippen LogP contribution < -0.4 is 0 Å². The van der Waals surface area contributed by atoms with Gasteiger partial charge in [0.1, 0.15) is 5.56 Å². The van der Waals surface area contributed by atoms with Crippen molar-refractivity contribution >= 4 is 21.1 Å². The van der Waals surface area contributed by atoms with E-state index in [0.29, 0.717) is 0 Å². The van der Waals surface area contributed by atoms with E-state index >= 15 is 0 Å². The number of pyridine rings is 1. The van der Waals surface area contributed by atoms with Crippen molar-refractivity contribution in [1.82, 2.24) is 29.2 Å². The normalized spacial score (nSPS) is 15.3. The molecule has 0 radical (unpaired) electrons. The summed E-state index contributed by atoms with van der Waals surface area (Å²) in [6.45, 7) is 1.49. The number of rotatable bonds is 4. The first-order chi connectivity index (χ1) is 14.2. The molecule has 5 rings (SSSR count). The van der Waals surface area contributed by atoms with E-state index in [1.807, 2.05) is 0 Å². The van der Waals surface area contributed by atoms with Crippen LogP contribution in [0.5, 0.6) is 0 Å². The molecule has 0 spiro atoms. The van der Waals surface area contributed by atoms with Crippen LogP contribution in [-0.2, 0) is 16.0 Å². The molecule has 4 aromatic heterocycles. The molecule has 1 aliphatic carbocycles. The van der Waals surface area contributed by atoms with Crippen molar-refractivity contribution in [2.75, 3.05) is 5.75 Å². The van der Waals surface area contributed by atoms with Crippen molar-refractivity contribution in [3.05, 3.63) is 41.9 Å². The summed E-state index contributed by atoms with van der Waals surface area (Å²) in [4.78, 5) is 8.46. The van der Waals surface area contributed by atoms with Crippen LogP contribution in [0.1, 0.15) is 36.9 Å². The Morgan fingerprint density at radius 2 is 1.97 bits per heavy atom. The van der Waals surface area contributed by atoms with Crippen molar-refractivity contribution in [1.29, 1.82) is 0 Å². The van der Waals surface area contributed by atoms with Crippen molar-refractivity contribution in [3.63, 3.8) is 0 Å². The van der Waals surface area contributed by atoms with Crippen molar-refractivity contribution in [2.45, 2.75) is 36.9 Å². The zero-order valence-corrected chi connectivity index (χ0v) is 16.4. The first kappa shape index (κ1) is 19.0. The molecule has 0 aromatic carbocycles. The quantitative estimate of drug-likeness (QED) is 0.488. The number of sulfone groups is 1. The third-order valence-electron chi connectivity index (χ3n) is 5.07. The molecule has 0 amide bonds. The molecular formula is C18H15F3N6O2S. The molecule has 0 N–H and O–H groups in total. The highest BCUT2D eigenvalue weighted by atomic mass is 32.2. The second-order valence-electron chi connectivity index (χ2n) is 7.11. The molecule has 4 heterocycles. The minimum atomic E-state index is -4.53. The van der Waals surface area contributed by atoms with Gasteiger partial charge in [0.15, 0.2) is 32.0 Å². The van der Waals surface area contributed by atoms with Gasteiger partial charge in [0.2, 0.25) is 0 Å². The topological polar surface area (TPSA) is 94.5 Å². The summed E-state index contributed by atoms with van der Waals surface area (Å²) in [5.74, 6) is 0.0226. The van der Waals surface area contributed by atoms with Gasteiger partial charge in [-0.3, -0.25) is 0 Å². The first-order valence-electron chi connectivity index (χ1n) is 9.23. The Hall–Kier alpha value is -3.02. The predicted octanol–water partition coefficient (Wildman–Crippen LogP) is 3.13. The van der Waals surface area contributed by atoms with Gasteiger partial charge in [-0.2, -0.15) is 18.3 Å². The highest BCUT2D eigenvalue weighted by Crippen LogP contribution is 2.41. The lowest BCUT2D eigenvalue weighted by molar-refractivity contribution is -0.137. The molecule has 0 atom stereocenters. The largest absolute Gasteiger partial charge is 0.416 e. The number of aromatic nitrogens is 6. The number of alkyl halides is 3. The van der Waals surface area contributed by atoms with Gasteiger partial charge < -0.3 is 0 Å². The van der Waals surface area contributed by atoms with Gasteiger partial charge in [-0.15, -0.1) is 5.10 Å². The fraction of sp³-hybridized carbons (Fsp3) is 0.333. The number of fused-ring (bicyclic) bond motifs is 2. The predicted molar refractivity (Wildman–Crippen MR) is 99.7 cm³/mol. The summed E-state index contributed by atoms with van der Waals surface area (Å²) in [5.41, 5.74) is 0.263. The van der Waals surface area contributed by atoms with Crippen LogP contribution in [0.2, 0.25) is 0 Å². The average molecular weight is 436 g/mol. The zero-order valence-electron chi connectivity index (χ0n) is 15.6. The third-order valence-corrected chi connectivity index (χ3v) is 6.71. The summed E-state index contributed by atoms with van der Waals surface area (Å²) in [7, 11) is -3.77. The molecule has 0 aliphatic heterocycles. The molecule has 4 aromatic rings. The minimum absolute atomic E-state index is 0.0446. The Balaban J connectivity index is 1.79. The lowest BCUT2D eigenvalue weighted by atomic mass is 10.2. The highest BCUT2D eigenvalue weighted by Gasteiger charge is 2.34. The SMILES string of the molecule is CCS(=O)(=O)c1nn2c(C3CC3)ccnc2c1-c1nc2cc(C(F)(F)F)ccn2n1. The van der Waals surface area contributed by atoms with Crippen molar-refractivity contribution in [3.8, 4) is 11.4 Å². The standard InChI is InChI=1S/C18H15F3N6O2S/c1-2-30(28,29)17-14(16-22-7-5-12(10-3-4-10)27(16)25-17)15-23-13-9-11(18(19,20)21)6-8-26(13)24-15/h5-10H,2-4H2,1H3. The third kappa shape index (κ3) is 2.93. The molecule has 8 nitrogen and oxygen atoms in total. The Morgan fingerprint density at radius 3 is 2.63 bits per heavy atom. The lowest BCUT2D eigenvalue weighted by Crippen LogP contribution is -2.07. The molecule has 156 valence electrons. The van der Waals surface area contributed by atoms with Gasteiger partial charge in [0.25, 0.3) is 0 Å². The summed E-state index contributed by atoms with van der Waals surface area (Å²) in [6.07, 6.45) is 0.106. The highest BCUT2D eigenvalue weighted by molar-refractivity contribution is 7.91. The molecule has 1 saturated carbocycles. The van der Waals surface area contributed by atoms with Crippen LogP contribution in [0.15, 0.2) is 35.6 Å². The molecule has 1 fully saturated rings. The van der Waals surface area contributed by atoms with Crippen LogP contribution in [-0.4, -0.2) is 43.4 Å². The van der Waals surface area contributed by atoms with Gasteiger partial charge in [-0.05, 0) is 31.0 Å². The first-order valence-corrected chi connectivity index (χ1v) is 10.9. The van der Waals surface area contributed by atoms with Crippen LogP contribution in [0.25, 0.3) is 22.7 Å². The minimum Gasteiger partial charge on any atom is -0.236 e. The van der Waals surface area contributed by atoms with Crippen molar-refractivity contribution in [2.24, 2.45) is 0 Å². The molecule has 30 heavy (non-hydrogen) atoms. The Morgan fingerprint density at radius 1 is 1.20 bits per heavy atom. The summed E-state index contributed by atoms with van der Waals surface area (Å²) in [6, 6.07) is 3.53.